The molecule has 0 radical (unpaired) electrons. The molecule has 0 bridgehead atoms. The largest absolute Gasteiger partial charge is 0.478 e. The van der Waals surface area contributed by atoms with E-state index >= 15 is 0 Å². The zero-order valence-corrected chi connectivity index (χ0v) is 25.9. The van der Waals surface area contributed by atoms with Gasteiger partial charge < -0.3 is 19.3 Å². The van der Waals surface area contributed by atoms with E-state index in [2.05, 4.69) is 4.98 Å². The molecule has 0 N–H and O–H groups in total. The molecular formula is C37H34FN3O5. The summed E-state index contributed by atoms with van der Waals surface area (Å²) in [6, 6.07) is 28.1. The van der Waals surface area contributed by atoms with Crippen molar-refractivity contribution in [1.29, 1.82) is 0 Å². The maximum absolute atomic E-state index is 14.3. The second kappa shape index (κ2) is 14.5. The molecule has 2 amide bonds. The summed E-state index contributed by atoms with van der Waals surface area (Å²) in [7, 11) is 1.56. The molecule has 0 spiro atoms. The summed E-state index contributed by atoms with van der Waals surface area (Å²) in [5.41, 5.74) is 2.29. The summed E-state index contributed by atoms with van der Waals surface area (Å²) in [5, 5.41) is 0.321. The van der Waals surface area contributed by atoms with Crippen LogP contribution < -0.4 is 9.47 Å². The Hall–Kier alpha value is -5.57. The van der Waals surface area contributed by atoms with E-state index in [4.69, 9.17) is 9.47 Å². The highest BCUT2D eigenvalue weighted by Crippen LogP contribution is 2.43. The number of carbonyl (C=O) groups excluding carboxylic acids is 3. The van der Waals surface area contributed by atoms with Gasteiger partial charge in [0.2, 0.25) is 0 Å². The number of hydrogen-bond acceptors (Lipinski definition) is 6. The van der Waals surface area contributed by atoms with Crippen molar-refractivity contribution < 1.29 is 28.2 Å². The highest BCUT2D eigenvalue weighted by molar-refractivity contribution is 6.13. The van der Waals surface area contributed by atoms with Crippen LogP contribution in [0.4, 0.5) is 9.18 Å². The van der Waals surface area contributed by atoms with E-state index in [0.717, 1.165) is 11.1 Å². The van der Waals surface area contributed by atoms with Gasteiger partial charge in [-0.15, -0.1) is 0 Å². The third-order valence-corrected chi connectivity index (χ3v) is 7.67. The first-order valence-corrected chi connectivity index (χ1v) is 15.0. The van der Waals surface area contributed by atoms with Crippen molar-refractivity contribution in [2.75, 3.05) is 20.1 Å². The molecule has 5 rings (SSSR count). The Kier molecular flexibility index (Phi) is 10.0. The van der Waals surface area contributed by atoms with E-state index in [1.54, 1.807) is 37.5 Å². The molecule has 0 saturated heterocycles. The molecule has 46 heavy (non-hydrogen) atoms. The van der Waals surface area contributed by atoms with E-state index in [0.29, 0.717) is 30.3 Å². The van der Waals surface area contributed by atoms with Gasteiger partial charge in [0, 0.05) is 38.3 Å². The molecule has 4 aromatic carbocycles. The van der Waals surface area contributed by atoms with Crippen LogP contribution in [0.15, 0.2) is 103 Å². The summed E-state index contributed by atoms with van der Waals surface area (Å²) in [5.74, 6) is -1.02. The maximum Gasteiger partial charge on any atom is 0.415 e. The van der Waals surface area contributed by atoms with Crippen molar-refractivity contribution >= 4 is 29.2 Å². The Morgan fingerprint density at radius 1 is 0.848 bits per heavy atom. The Morgan fingerprint density at radius 2 is 1.46 bits per heavy atom. The second-order valence-corrected chi connectivity index (χ2v) is 10.6. The predicted molar refractivity (Wildman–Crippen MR) is 174 cm³/mol. The summed E-state index contributed by atoms with van der Waals surface area (Å²) >= 11 is 0. The van der Waals surface area contributed by atoms with Crippen molar-refractivity contribution in [2.24, 2.45) is 0 Å². The van der Waals surface area contributed by atoms with Gasteiger partial charge in [-0.05, 0) is 54.8 Å². The van der Waals surface area contributed by atoms with E-state index in [1.165, 1.54) is 21.9 Å². The molecule has 0 aliphatic heterocycles. The van der Waals surface area contributed by atoms with Crippen LogP contribution in [0.5, 0.6) is 11.5 Å². The van der Waals surface area contributed by atoms with Crippen LogP contribution in [0.3, 0.4) is 0 Å². The first kappa shape index (κ1) is 31.8. The van der Waals surface area contributed by atoms with E-state index in [-0.39, 0.29) is 34.7 Å². The molecule has 0 aliphatic rings. The monoisotopic (exact) mass is 619 g/mol. The molecule has 5 aromatic rings. The Bertz CT molecular complexity index is 1790. The predicted octanol–water partition coefficient (Wildman–Crippen LogP) is 7.47. The quantitative estimate of drug-likeness (QED) is 0.143. The average molecular weight is 620 g/mol. The van der Waals surface area contributed by atoms with Crippen LogP contribution in [0.25, 0.3) is 10.9 Å². The number of hydrogen-bond donors (Lipinski definition) is 0. The van der Waals surface area contributed by atoms with Gasteiger partial charge in [-0.3, -0.25) is 14.6 Å². The van der Waals surface area contributed by atoms with Crippen molar-refractivity contribution in [3.63, 3.8) is 0 Å². The first-order valence-electron chi connectivity index (χ1n) is 15.0. The van der Waals surface area contributed by atoms with E-state index in [9.17, 15) is 18.8 Å². The number of aldehydes is 1. The highest BCUT2D eigenvalue weighted by Gasteiger charge is 2.32. The number of pyridine rings is 1. The summed E-state index contributed by atoms with van der Waals surface area (Å²) < 4.78 is 26.3. The number of rotatable bonds is 11. The first-order chi connectivity index (χ1) is 22.4. The maximum atomic E-state index is 14.3. The number of ether oxygens (including phenoxy) is 2. The Labute approximate surface area is 267 Å². The van der Waals surface area contributed by atoms with Crippen LogP contribution >= 0.6 is 0 Å². The fourth-order valence-corrected chi connectivity index (χ4v) is 5.28. The van der Waals surface area contributed by atoms with Gasteiger partial charge in [0.15, 0.2) is 17.8 Å². The lowest BCUT2D eigenvalue weighted by Crippen LogP contribution is -2.34. The van der Waals surface area contributed by atoms with Gasteiger partial charge in [-0.2, -0.15) is 0 Å². The number of fused-ring (bicyclic) bond motifs is 1. The molecule has 0 atom stereocenters. The van der Waals surface area contributed by atoms with Gasteiger partial charge in [0.1, 0.15) is 17.4 Å². The lowest BCUT2D eigenvalue weighted by atomic mass is 9.98. The van der Waals surface area contributed by atoms with E-state index in [1.807, 2.05) is 74.5 Å². The van der Waals surface area contributed by atoms with Crippen molar-refractivity contribution in [3.05, 3.63) is 137 Å². The van der Waals surface area contributed by atoms with E-state index < -0.39 is 23.9 Å². The molecule has 9 heteroatoms. The van der Waals surface area contributed by atoms with Gasteiger partial charge >= 0.3 is 6.09 Å². The Morgan fingerprint density at radius 3 is 2.02 bits per heavy atom. The lowest BCUT2D eigenvalue weighted by molar-refractivity contribution is 0.0777. The van der Waals surface area contributed by atoms with Crippen LogP contribution in [0.2, 0.25) is 0 Å². The SMILES string of the molecule is CCN(CC)C(=O)Oc1c(C(=O)N(C)Cc2ccc(F)cc2)c(C=O)c(OC(c2ccccc2)c2ccccc2)c2ncccc12. The standard InChI is InChI=1S/C37H34FN3O5/c1-4-41(5-2)37(44)46-34-29-17-12-22-39-32(29)35(45-33(26-13-8-6-9-14-26)27-15-10-7-11-16-27)30(24-42)31(34)36(43)40(3)23-25-18-20-28(38)21-19-25/h6-22,24,33H,4-5,23H2,1-3H3. The topological polar surface area (TPSA) is 89.0 Å². The zero-order chi connectivity index (χ0) is 32.6. The van der Waals surface area contributed by atoms with Gasteiger partial charge in [-0.1, -0.05) is 72.8 Å². The molecule has 234 valence electrons. The fraction of sp³-hybridized carbons (Fsp3) is 0.189. The minimum absolute atomic E-state index is 0.0736. The summed E-state index contributed by atoms with van der Waals surface area (Å²) in [6.07, 6.45) is 0.726. The fourth-order valence-electron chi connectivity index (χ4n) is 5.28. The third-order valence-electron chi connectivity index (χ3n) is 7.67. The van der Waals surface area contributed by atoms with Gasteiger partial charge in [0.05, 0.1) is 11.1 Å². The van der Waals surface area contributed by atoms with Gasteiger partial charge in [0.25, 0.3) is 5.91 Å². The third kappa shape index (κ3) is 6.73. The molecular weight excluding hydrogens is 585 g/mol. The number of aromatic nitrogens is 1. The van der Waals surface area contributed by atoms with Crippen LogP contribution in [0, 0.1) is 5.82 Å². The number of carbonyl (C=O) groups is 3. The smallest absolute Gasteiger partial charge is 0.415 e. The summed E-state index contributed by atoms with van der Waals surface area (Å²) in [4.78, 5) is 48.1. The average Bonchev–Trinajstić information content (AvgIpc) is 3.09. The molecule has 1 aromatic heterocycles. The molecule has 0 unspecified atom stereocenters. The number of halogens is 1. The Balaban J connectivity index is 1.73. The zero-order valence-electron chi connectivity index (χ0n) is 25.9. The van der Waals surface area contributed by atoms with Crippen molar-refractivity contribution in [2.45, 2.75) is 26.5 Å². The molecule has 1 heterocycles. The summed E-state index contributed by atoms with van der Waals surface area (Å²) in [6.45, 7) is 4.47. The normalized spacial score (nSPS) is 10.9. The van der Waals surface area contributed by atoms with Crippen LogP contribution in [-0.4, -0.2) is 53.2 Å². The molecule has 0 fully saturated rings. The highest BCUT2D eigenvalue weighted by atomic mass is 19.1. The lowest BCUT2D eigenvalue weighted by Gasteiger charge is -2.26. The number of nitrogens with zero attached hydrogens (tertiary/aromatic N) is 3. The van der Waals surface area contributed by atoms with Crippen molar-refractivity contribution in [1.82, 2.24) is 14.8 Å². The second-order valence-electron chi connectivity index (χ2n) is 10.6. The molecule has 0 aliphatic carbocycles. The number of benzene rings is 4. The number of amides is 2. The van der Waals surface area contributed by atoms with Crippen LogP contribution in [-0.2, 0) is 6.54 Å². The minimum Gasteiger partial charge on any atom is -0.478 e. The van der Waals surface area contributed by atoms with Gasteiger partial charge in [-0.25, -0.2) is 9.18 Å². The molecule has 8 nitrogen and oxygen atoms in total. The minimum atomic E-state index is -0.678. The van der Waals surface area contributed by atoms with Crippen molar-refractivity contribution in [3.8, 4) is 11.5 Å². The molecule has 0 saturated carbocycles. The van der Waals surface area contributed by atoms with Crippen LogP contribution in [0.1, 0.15) is 57.4 Å².